The molecule has 3 N–H and O–H groups in total. The van der Waals surface area contributed by atoms with Gasteiger partial charge in [0.15, 0.2) is 4.34 Å². The van der Waals surface area contributed by atoms with Gasteiger partial charge in [0.05, 0.1) is 16.5 Å². The van der Waals surface area contributed by atoms with Gasteiger partial charge in [0.2, 0.25) is 5.91 Å². The van der Waals surface area contributed by atoms with Gasteiger partial charge in [-0.05, 0) is 18.2 Å². The summed E-state index contributed by atoms with van der Waals surface area (Å²) in [5, 5.41) is 10.7. The van der Waals surface area contributed by atoms with E-state index in [2.05, 4.69) is 15.5 Å². The van der Waals surface area contributed by atoms with Crippen LogP contribution >= 0.6 is 34.7 Å². The van der Waals surface area contributed by atoms with Gasteiger partial charge in [-0.25, -0.2) is 0 Å². The van der Waals surface area contributed by atoms with Crippen LogP contribution in [0.4, 0.5) is 11.4 Å². The molecule has 0 bridgehead atoms. The maximum atomic E-state index is 11.7. The Kier molecular flexibility index (Phi) is 4.40. The van der Waals surface area contributed by atoms with Crippen molar-refractivity contribution in [1.29, 1.82) is 0 Å². The van der Waals surface area contributed by atoms with Crippen molar-refractivity contribution in [3.8, 4) is 0 Å². The van der Waals surface area contributed by atoms with Crippen LogP contribution in [0.25, 0.3) is 0 Å². The molecule has 5 nitrogen and oxygen atoms in total. The zero-order chi connectivity index (χ0) is 13.0. The average molecular weight is 301 g/mol. The lowest BCUT2D eigenvalue weighted by Crippen LogP contribution is -2.14. The monoisotopic (exact) mass is 300 g/mol. The predicted octanol–water partition coefficient (Wildman–Crippen LogP) is 2.50. The molecule has 18 heavy (non-hydrogen) atoms. The first-order valence-corrected chi connectivity index (χ1v) is 7.13. The van der Waals surface area contributed by atoms with Gasteiger partial charge < -0.3 is 11.1 Å². The van der Waals surface area contributed by atoms with Crippen LogP contribution in [-0.4, -0.2) is 21.9 Å². The van der Waals surface area contributed by atoms with E-state index in [9.17, 15) is 4.79 Å². The van der Waals surface area contributed by atoms with Crippen LogP contribution in [0.3, 0.4) is 0 Å². The van der Waals surface area contributed by atoms with E-state index in [-0.39, 0.29) is 11.7 Å². The lowest BCUT2D eigenvalue weighted by molar-refractivity contribution is -0.113. The number of aromatic nitrogens is 2. The summed E-state index contributed by atoms with van der Waals surface area (Å²) >= 11 is 8.66. The van der Waals surface area contributed by atoms with Gasteiger partial charge >= 0.3 is 0 Å². The highest BCUT2D eigenvalue weighted by Crippen LogP contribution is 2.25. The number of carbonyl (C=O) groups excluding carboxylic acids is 1. The fourth-order valence-corrected chi connectivity index (χ4v) is 2.63. The summed E-state index contributed by atoms with van der Waals surface area (Å²) in [5.74, 6) is 0.0862. The number of hydrogen-bond acceptors (Lipinski definition) is 6. The maximum absolute atomic E-state index is 11.7. The molecule has 1 aromatic heterocycles. The van der Waals surface area contributed by atoms with E-state index in [0.717, 1.165) is 4.34 Å². The maximum Gasteiger partial charge on any atom is 0.234 e. The van der Waals surface area contributed by atoms with Crippen molar-refractivity contribution in [2.24, 2.45) is 0 Å². The average Bonchev–Trinajstić information content (AvgIpc) is 2.84. The van der Waals surface area contributed by atoms with Gasteiger partial charge in [-0.2, -0.15) is 0 Å². The van der Waals surface area contributed by atoms with Crippen LogP contribution in [0.2, 0.25) is 5.02 Å². The summed E-state index contributed by atoms with van der Waals surface area (Å²) in [6.45, 7) is 0. The summed E-state index contributed by atoms with van der Waals surface area (Å²) in [7, 11) is 0. The Morgan fingerprint density at radius 1 is 1.56 bits per heavy atom. The number of rotatable bonds is 4. The van der Waals surface area contributed by atoms with Crippen LogP contribution in [0, 0.1) is 0 Å². The van der Waals surface area contributed by atoms with E-state index < -0.39 is 0 Å². The van der Waals surface area contributed by atoms with E-state index in [1.165, 1.54) is 23.1 Å². The second kappa shape index (κ2) is 6.03. The van der Waals surface area contributed by atoms with E-state index in [1.54, 1.807) is 23.7 Å². The number of nitrogens with two attached hydrogens (primary N) is 1. The molecular formula is C10H9ClN4OS2. The number of carbonyl (C=O) groups is 1. The predicted molar refractivity (Wildman–Crippen MR) is 75.1 cm³/mol. The summed E-state index contributed by atoms with van der Waals surface area (Å²) in [4.78, 5) is 11.7. The quantitative estimate of drug-likeness (QED) is 0.670. The Labute approximate surface area is 117 Å². The summed E-state index contributed by atoms with van der Waals surface area (Å²) < 4.78 is 0.754. The smallest absolute Gasteiger partial charge is 0.234 e. The van der Waals surface area contributed by atoms with Gasteiger partial charge in [-0.1, -0.05) is 34.7 Å². The number of amides is 1. The molecule has 0 unspecified atom stereocenters. The van der Waals surface area contributed by atoms with Crippen LogP contribution in [0.1, 0.15) is 0 Å². The first-order valence-electron chi connectivity index (χ1n) is 4.89. The molecule has 0 radical (unpaired) electrons. The molecule has 1 amide bonds. The van der Waals surface area contributed by atoms with Crippen LogP contribution < -0.4 is 11.1 Å². The highest BCUT2D eigenvalue weighted by atomic mass is 35.5. The molecule has 0 saturated carbocycles. The summed E-state index contributed by atoms with van der Waals surface area (Å²) in [6.07, 6.45) is 0. The molecule has 0 aliphatic rings. The Hall–Kier alpha value is -1.31. The minimum absolute atomic E-state index is 0.164. The number of anilines is 2. The molecular weight excluding hydrogens is 292 g/mol. The lowest BCUT2D eigenvalue weighted by Gasteiger charge is -2.07. The molecule has 0 spiro atoms. The van der Waals surface area contributed by atoms with Gasteiger partial charge in [-0.3, -0.25) is 4.79 Å². The molecule has 0 fully saturated rings. The fourth-order valence-electron chi connectivity index (χ4n) is 1.18. The lowest BCUT2D eigenvalue weighted by atomic mass is 10.3. The largest absolute Gasteiger partial charge is 0.399 e. The molecule has 8 heteroatoms. The van der Waals surface area contributed by atoms with Crippen LogP contribution in [-0.2, 0) is 4.79 Å². The Bertz CT molecular complexity index is 547. The fraction of sp³-hybridized carbons (Fsp3) is 0.100. The summed E-state index contributed by atoms with van der Waals surface area (Å²) in [5.41, 5.74) is 8.30. The first kappa shape index (κ1) is 13.1. The zero-order valence-electron chi connectivity index (χ0n) is 9.09. The number of nitrogens with zero attached hydrogens (tertiary/aromatic N) is 2. The van der Waals surface area contributed by atoms with Gasteiger partial charge in [0.25, 0.3) is 0 Å². The molecule has 94 valence electrons. The highest BCUT2D eigenvalue weighted by Gasteiger charge is 2.08. The molecule has 1 heterocycles. The van der Waals surface area contributed by atoms with Gasteiger partial charge in [0.1, 0.15) is 5.51 Å². The molecule has 1 aromatic carbocycles. The van der Waals surface area contributed by atoms with Gasteiger partial charge in [-0.15, -0.1) is 10.2 Å². The molecule has 2 rings (SSSR count). The minimum atomic E-state index is -0.164. The van der Waals surface area contributed by atoms with Crippen molar-refractivity contribution in [1.82, 2.24) is 10.2 Å². The molecule has 0 atom stereocenters. The van der Waals surface area contributed by atoms with Crippen molar-refractivity contribution in [3.63, 3.8) is 0 Å². The second-order valence-corrected chi connectivity index (χ2v) is 5.74. The van der Waals surface area contributed by atoms with Crippen molar-refractivity contribution < 1.29 is 4.79 Å². The minimum Gasteiger partial charge on any atom is -0.399 e. The third-order valence-corrected chi connectivity index (χ3v) is 4.12. The summed E-state index contributed by atoms with van der Waals surface area (Å²) in [6, 6.07) is 4.94. The number of thioether (sulfide) groups is 1. The van der Waals surface area contributed by atoms with Crippen molar-refractivity contribution in [2.45, 2.75) is 4.34 Å². The van der Waals surface area contributed by atoms with Crippen LogP contribution in [0.5, 0.6) is 0 Å². The molecule has 0 aliphatic carbocycles. The molecule has 2 aromatic rings. The SMILES string of the molecule is Nc1ccc(Cl)c(NC(=O)CSc2nncs2)c1. The Morgan fingerprint density at radius 2 is 2.39 bits per heavy atom. The number of nitrogen functional groups attached to an aromatic ring is 1. The molecule has 0 saturated heterocycles. The van der Waals surface area contributed by atoms with E-state index in [0.29, 0.717) is 16.4 Å². The van der Waals surface area contributed by atoms with E-state index >= 15 is 0 Å². The van der Waals surface area contributed by atoms with Crippen molar-refractivity contribution in [3.05, 3.63) is 28.7 Å². The number of nitrogens with one attached hydrogen (secondary N) is 1. The third kappa shape index (κ3) is 3.59. The van der Waals surface area contributed by atoms with E-state index in [1.807, 2.05) is 0 Å². The number of benzene rings is 1. The third-order valence-electron chi connectivity index (χ3n) is 1.93. The van der Waals surface area contributed by atoms with Gasteiger partial charge in [0, 0.05) is 5.69 Å². The van der Waals surface area contributed by atoms with Crippen molar-refractivity contribution >= 4 is 52.0 Å². The topological polar surface area (TPSA) is 80.9 Å². The number of halogens is 1. The molecule has 0 aliphatic heterocycles. The van der Waals surface area contributed by atoms with E-state index in [4.69, 9.17) is 17.3 Å². The number of hydrogen-bond donors (Lipinski definition) is 2. The standard InChI is InChI=1S/C10H9ClN4OS2/c11-7-2-1-6(12)3-8(7)14-9(16)4-17-10-15-13-5-18-10/h1-3,5H,4,12H2,(H,14,16). The normalized spacial score (nSPS) is 10.3. The highest BCUT2D eigenvalue weighted by molar-refractivity contribution is 8.01. The zero-order valence-corrected chi connectivity index (χ0v) is 11.5. The second-order valence-electron chi connectivity index (χ2n) is 3.28. The van der Waals surface area contributed by atoms with Crippen molar-refractivity contribution in [2.75, 3.05) is 16.8 Å². The van der Waals surface area contributed by atoms with Crippen LogP contribution in [0.15, 0.2) is 28.0 Å². The first-order chi connectivity index (χ1) is 8.65. The Morgan fingerprint density at radius 3 is 3.11 bits per heavy atom. The Balaban J connectivity index is 1.92.